The van der Waals surface area contributed by atoms with Crippen molar-refractivity contribution in [3.05, 3.63) is 71.9 Å². The van der Waals surface area contributed by atoms with Crippen LogP contribution in [0.2, 0.25) is 0 Å². The van der Waals surface area contributed by atoms with Gasteiger partial charge in [-0.1, -0.05) is 24.3 Å². The topological polar surface area (TPSA) is 56.1 Å². The first-order valence-electron chi connectivity index (χ1n) is 11.3. The number of imidazole rings is 1. The van der Waals surface area contributed by atoms with Crippen molar-refractivity contribution in [3.8, 4) is 0 Å². The number of carbonyl (C=O) groups excluding carboxylic acids is 1. The Bertz CT molecular complexity index is 1090. The quantitative estimate of drug-likeness (QED) is 0.629. The van der Waals surface area contributed by atoms with Gasteiger partial charge in [-0.2, -0.15) is 0 Å². The summed E-state index contributed by atoms with van der Waals surface area (Å²) in [6.45, 7) is 3.12. The lowest BCUT2D eigenvalue weighted by Gasteiger charge is -2.40. The maximum atomic E-state index is 14.8. The first kappa shape index (κ1) is 21.1. The Morgan fingerprint density at radius 3 is 2.81 bits per heavy atom. The minimum atomic E-state index is -0.881. The van der Waals surface area contributed by atoms with E-state index in [4.69, 9.17) is 9.47 Å². The van der Waals surface area contributed by atoms with Gasteiger partial charge in [-0.15, -0.1) is 0 Å². The van der Waals surface area contributed by atoms with Gasteiger partial charge < -0.3 is 18.8 Å². The van der Waals surface area contributed by atoms with E-state index in [0.29, 0.717) is 57.9 Å². The van der Waals surface area contributed by atoms with Crippen LogP contribution in [0, 0.1) is 11.7 Å². The van der Waals surface area contributed by atoms with E-state index in [1.165, 1.54) is 11.6 Å². The highest BCUT2D eigenvalue weighted by atomic mass is 19.1. The molecular weight excluding hydrogens is 409 g/mol. The number of aromatic nitrogens is 2. The molecule has 0 unspecified atom stereocenters. The number of nitrogens with zero attached hydrogens (tertiary/aromatic N) is 3. The van der Waals surface area contributed by atoms with Crippen LogP contribution in [0.25, 0.3) is 5.65 Å². The Balaban J connectivity index is 1.39. The van der Waals surface area contributed by atoms with Gasteiger partial charge in [-0.3, -0.25) is 4.79 Å². The molecule has 7 heteroatoms. The molecule has 2 fully saturated rings. The third-order valence-electron chi connectivity index (χ3n) is 6.74. The smallest absolute Gasteiger partial charge is 0.233 e. The zero-order valence-electron chi connectivity index (χ0n) is 18.1. The maximum Gasteiger partial charge on any atom is 0.233 e. The van der Waals surface area contributed by atoms with Gasteiger partial charge in [0.05, 0.1) is 18.6 Å². The molecule has 168 valence electrons. The Morgan fingerprint density at radius 1 is 1.12 bits per heavy atom. The molecule has 2 aromatic heterocycles. The molecule has 2 aliphatic rings. The van der Waals surface area contributed by atoms with Crippen LogP contribution in [0.1, 0.15) is 24.0 Å². The molecule has 0 aliphatic carbocycles. The van der Waals surface area contributed by atoms with Crippen LogP contribution in [0.15, 0.2) is 55.0 Å². The lowest BCUT2D eigenvalue weighted by Crippen LogP contribution is -2.51. The maximum absolute atomic E-state index is 14.8. The highest BCUT2D eigenvalue weighted by Gasteiger charge is 2.46. The van der Waals surface area contributed by atoms with Crippen molar-refractivity contribution in [1.29, 1.82) is 0 Å². The third-order valence-corrected chi connectivity index (χ3v) is 6.74. The molecule has 0 spiro atoms. The fraction of sp³-hybridized carbons (Fsp3) is 0.440. The molecule has 0 saturated carbocycles. The van der Waals surface area contributed by atoms with E-state index in [9.17, 15) is 9.18 Å². The van der Waals surface area contributed by atoms with E-state index in [0.717, 1.165) is 12.1 Å². The van der Waals surface area contributed by atoms with E-state index >= 15 is 0 Å². The summed E-state index contributed by atoms with van der Waals surface area (Å²) in [5, 5.41) is 0. The Hall–Kier alpha value is -2.77. The second-order valence-corrected chi connectivity index (χ2v) is 8.80. The van der Waals surface area contributed by atoms with Crippen molar-refractivity contribution in [1.82, 2.24) is 14.3 Å². The molecule has 1 atom stereocenters. The van der Waals surface area contributed by atoms with Crippen molar-refractivity contribution in [2.75, 3.05) is 39.5 Å². The number of hydrogen-bond acceptors (Lipinski definition) is 4. The third kappa shape index (κ3) is 4.02. The van der Waals surface area contributed by atoms with Crippen LogP contribution in [-0.2, 0) is 26.1 Å². The van der Waals surface area contributed by atoms with Crippen LogP contribution < -0.4 is 0 Å². The summed E-state index contributed by atoms with van der Waals surface area (Å²) in [5.74, 6) is -0.162. The van der Waals surface area contributed by atoms with Gasteiger partial charge in [0.1, 0.15) is 11.5 Å². The highest BCUT2D eigenvalue weighted by molar-refractivity contribution is 5.88. The highest BCUT2D eigenvalue weighted by Crippen LogP contribution is 2.38. The molecule has 32 heavy (non-hydrogen) atoms. The number of pyridine rings is 1. The molecule has 2 saturated heterocycles. The molecular formula is C25H28FN3O3. The average molecular weight is 438 g/mol. The Kier molecular flexibility index (Phi) is 5.93. The van der Waals surface area contributed by atoms with Gasteiger partial charge in [-0.25, -0.2) is 9.37 Å². The standard InChI is InChI=1S/C25H28FN3O3/c26-22-4-2-1-3-21(22)25(7-12-31-13-8-25)24(30)29-11-14-32-18-20(17-29)15-19-5-6-23-27-9-10-28(23)16-19/h1-6,9-10,16,20H,7-8,11-15,17-18H2/t20-/m1/s1. The first-order chi connectivity index (χ1) is 15.7. The summed E-state index contributed by atoms with van der Waals surface area (Å²) in [4.78, 5) is 20.1. The summed E-state index contributed by atoms with van der Waals surface area (Å²) in [5.41, 5.74) is 1.69. The number of hydrogen-bond donors (Lipinski definition) is 0. The van der Waals surface area contributed by atoms with Gasteiger partial charge in [0.25, 0.3) is 0 Å². The number of carbonyl (C=O) groups is 1. The van der Waals surface area contributed by atoms with Crippen LogP contribution >= 0.6 is 0 Å². The van der Waals surface area contributed by atoms with E-state index < -0.39 is 5.41 Å². The van der Waals surface area contributed by atoms with Crippen molar-refractivity contribution >= 4 is 11.6 Å². The number of amides is 1. The zero-order chi connectivity index (χ0) is 22.0. The molecule has 0 bridgehead atoms. The van der Waals surface area contributed by atoms with Crippen molar-refractivity contribution in [2.24, 2.45) is 5.92 Å². The molecule has 1 amide bonds. The van der Waals surface area contributed by atoms with Gasteiger partial charge >= 0.3 is 0 Å². The van der Waals surface area contributed by atoms with Crippen LogP contribution in [0.4, 0.5) is 4.39 Å². The Morgan fingerprint density at radius 2 is 1.97 bits per heavy atom. The zero-order valence-corrected chi connectivity index (χ0v) is 18.1. The van der Waals surface area contributed by atoms with Gasteiger partial charge in [0.15, 0.2) is 0 Å². The van der Waals surface area contributed by atoms with Crippen molar-refractivity contribution in [3.63, 3.8) is 0 Å². The van der Waals surface area contributed by atoms with E-state index in [1.54, 1.807) is 18.3 Å². The summed E-state index contributed by atoms with van der Waals surface area (Å²) in [6, 6.07) is 10.8. The van der Waals surface area contributed by atoms with Gasteiger partial charge in [0.2, 0.25) is 5.91 Å². The Labute approximate surface area is 187 Å². The SMILES string of the molecule is O=C(N1CCOC[C@H](Cc2ccc3nccn3c2)C1)C1(c2ccccc2F)CCOCC1. The normalized spacial score (nSPS) is 21.4. The molecule has 6 nitrogen and oxygen atoms in total. The lowest BCUT2D eigenvalue weighted by molar-refractivity contribution is -0.142. The summed E-state index contributed by atoms with van der Waals surface area (Å²) < 4.78 is 28.3. The number of halogens is 1. The number of benzene rings is 1. The minimum absolute atomic E-state index is 0.00791. The summed E-state index contributed by atoms with van der Waals surface area (Å²) in [7, 11) is 0. The van der Waals surface area contributed by atoms with Crippen molar-refractivity contribution < 1.29 is 18.7 Å². The first-order valence-corrected chi connectivity index (χ1v) is 11.3. The predicted molar refractivity (Wildman–Crippen MR) is 118 cm³/mol. The molecule has 4 heterocycles. The fourth-order valence-corrected chi connectivity index (χ4v) is 5.08. The summed E-state index contributed by atoms with van der Waals surface area (Å²) in [6.07, 6.45) is 7.58. The second-order valence-electron chi connectivity index (χ2n) is 8.80. The lowest BCUT2D eigenvalue weighted by atomic mass is 9.72. The second kappa shape index (κ2) is 9.00. The average Bonchev–Trinajstić information content (AvgIpc) is 3.16. The van der Waals surface area contributed by atoms with Crippen LogP contribution in [-0.4, -0.2) is 59.7 Å². The van der Waals surface area contributed by atoms with Gasteiger partial charge in [0, 0.05) is 56.4 Å². The van der Waals surface area contributed by atoms with Crippen LogP contribution in [0.3, 0.4) is 0 Å². The minimum Gasteiger partial charge on any atom is -0.381 e. The molecule has 5 rings (SSSR count). The van der Waals surface area contributed by atoms with E-state index in [-0.39, 0.29) is 17.6 Å². The van der Waals surface area contributed by atoms with Gasteiger partial charge in [-0.05, 0) is 37.0 Å². The monoisotopic (exact) mass is 437 g/mol. The van der Waals surface area contributed by atoms with E-state index in [2.05, 4.69) is 17.2 Å². The molecule has 2 aliphatic heterocycles. The fourth-order valence-electron chi connectivity index (χ4n) is 5.08. The molecule has 1 aromatic carbocycles. The molecule has 0 radical (unpaired) electrons. The largest absolute Gasteiger partial charge is 0.381 e. The number of fused-ring (bicyclic) bond motifs is 1. The number of ether oxygens (including phenoxy) is 2. The predicted octanol–water partition coefficient (Wildman–Crippen LogP) is 3.24. The molecule has 3 aromatic rings. The van der Waals surface area contributed by atoms with Crippen LogP contribution in [0.5, 0.6) is 0 Å². The summed E-state index contributed by atoms with van der Waals surface area (Å²) >= 11 is 0. The molecule has 0 N–H and O–H groups in total. The van der Waals surface area contributed by atoms with Crippen molar-refractivity contribution in [2.45, 2.75) is 24.7 Å². The van der Waals surface area contributed by atoms with E-state index in [1.807, 2.05) is 27.6 Å². The number of rotatable bonds is 4.